The van der Waals surface area contributed by atoms with Crippen molar-refractivity contribution >= 4 is 10.9 Å². The van der Waals surface area contributed by atoms with E-state index in [1.165, 1.54) is 0 Å². The zero-order valence-corrected chi connectivity index (χ0v) is 12.0. The van der Waals surface area contributed by atoms with Gasteiger partial charge in [0.05, 0.1) is 17.3 Å². The molecule has 2 N–H and O–H groups in total. The first kappa shape index (κ1) is 13.5. The first-order valence-electron chi connectivity index (χ1n) is 7.12. The minimum absolute atomic E-state index is 0.417. The van der Waals surface area contributed by atoms with Crippen LogP contribution in [0.15, 0.2) is 18.2 Å². The van der Waals surface area contributed by atoms with Gasteiger partial charge in [-0.25, -0.2) is 0 Å². The molecule has 0 aliphatic carbocycles. The van der Waals surface area contributed by atoms with Gasteiger partial charge >= 0.3 is 0 Å². The molecule has 5 heteroatoms. The van der Waals surface area contributed by atoms with Gasteiger partial charge in [0.15, 0.2) is 0 Å². The van der Waals surface area contributed by atoms with Crippen molar-refractivity contribution in [3.63, 3.8) is 0 Å². The van der Waals surface area contributed by atoms with E-state index in [2.05, 4.69) is 16.1 Å². The maximum Gasteiger partial charge on any atom is 0.130 e. The second-order valence-electron chi connectivity index (χ2n) is 5.34. The first-order chi connectivity index (χ1) is 9.70. The van der Waals surface area contributed by atoms with E-state index in [0.29, 0.717) is 6.04 Å². The second-order valence-corrected chi connectivity index (χ2v) is 5.34. The number of aromatic nitrogens is 2. The molecule has 1 atom stereocenters. The quantitative estimate of drug-likeness (QED) is 0.840. The van der Waals surface area contributed by atoms with Crippen molar-refractivity contribution in [2.75, 3.05) is 20.3 Å². The third kappa shape index (κ3) is 2.32. The Labute approximate surface area is 118 Å². The fourth-order valence-electron chi connectivity index (χ4n) is 2.86. The van der Waals surface area contributed by atoms with E-state index in [9.17, 15) is 5.11 Å². The molecular formula is C15H21N3O2. The van der Waals surface area contributed by atoms with Gasteiger partial charge in [-0.05, 0) is 44.5 Å². The molecule has 2 heterocycles. The Hall–Kier alpha value is -1.43. The lowest BCUT2D eigenvalue weighted by Gasteiger charge is -2.23. The maximum atomic E-state index is 9.88. The summed E-state index contributed by atoms with van der Waals surface area (Å²) in [5.41, 5.74) is 3.02. The number of nitrogens with one attached hydrogen (secondary N) is 1. The third-order valence-electron chi connectivity index (χ3n) is 4.04. The Bertz CT molecular complexity index is 602. The molecule has 0 radical (unpaired) electrons. The average molecular weight is 275 g/mol. The molecular weight excluding hydrogens is 254 g/mol. The lowest BCUT2D eigenvalue weighted by Crippen LogP contribution is -2.20. The predicted molar refractivity (Wildman–Crippen MR) is 77.6 cm³/mol. The van der Waals surface area contributed by atoms with Crippen LogP contribution in [0.1, 0.15) is 36.4 Å². The van der Waals surface area contributed by atoms with Crippen molar-refractivity contribution in [1.82, 2.24) is 15.1 Å². The molecule has 0 bridgehead atoms. The summed E-state index contributed by atoms with van der Waals surface area (Å²) in [4.78, 5) is 0. The smallest absolute Gasteiger partial charge is 0.130 e. The van der Waals surface area contributed by atoms with Gasteiger partial charge in [0.1, 0.15) is 6.23 Å². The molecule has 0 saturated carbocycles. The lowest BCUT2D eigenvalue weighted by molar-refractivity contribution is 0.0674. The van der Waals surface area contributed by atoms with E-state index in [4.69, 9.17) is 9.84 Å². The van der Waals surface area contributed by atoms with Crippen molar-refractivity contribution in [2.45, 2.75) is 32.0 Å². The van der Waals surface area contributed by atoms with Crippen LogP contribution in [0, 0.1) is 6.92 Å². The van der Waals surface area contributed by atoms with Crippen LogP contribution in [0.25, 0.3) is 10.9 Å². The van der Waals surface area contributed by atoms with Gasteiger partial charge in [-0.1, -0.05) is 6.07 Å². The van der Waals surface area contributed by atoms with E-state index >= 15 is 0 Å². The summed E-state index contributed by atoms with van der Waals surface area (Å²) in [5.74, 6) is 0. The number of hydrogen-bond acceptors (Lipinski definition) is 4. The Kier molecular flexibility index (Phi) is 3.74. The van der Waals surface area contributed by atoms with E-state index in [1.54, 1.807) is 7.05 Å². The zero-order chi connectivity index (χ0) is 14.1. The minimum atomic E-state index is -0.634. The van der Waals surface area contributed by atoms with Gasteiger partial charge in [-0.15, -0.1) is 0 Å². The fourth-order valence-corrected chi connectivity index (χ4v) is 2.86. The number of benzene rings is 1. The lowest BCUT2D eigenvalue weighted by atomic mass is 10.1. The number of aliphatic hydroxyl groups excluding tert-OH is 1. The summed E-state index contributed by atoms with van der Waals surface area (Å²) in [6, 6.07) is 6.45. The second kappa shape index (κ2) is 5.52. The summed E-state index contributed by atoms with van der Waals surface area (Å²) < 4.78 is 7.55. The van der Waals surface area contributed by atoms with Crippen LogP contribution in [0.5, 0.6) is 0 Å². The SMILES string of the molecule is CNC(O)c1ccc2c(c1)c(C)nn2C1CCOCC1. The Balaban J connectivity index is 2.02. The zero-order valence-electron chi connectivity index (χ0n) is 12.0. The van der Waals surface area contributed by atoms with E-state index < -0.39 is 6.23 Å². The summed E-state index contributed by atoms with van der Waals surface area (Å²) in [6.07, 6.45) is 1.39. The van der Waals surface area contributed by atoms with Crippen LogP contribution in [0.2, 0.25) is 0 Å². The number of fused-ring (bicyclic) bond motifs is 1. The number of hydrogen-bond donors (Lipinski definition) is 2. The summed E-state index contributed by atoms with van der Waals surface area (Å²) in [6.45, 7) is 3.64. The standard InChI is InChI=1S/C15H21N3O2/c1-10-13-9-11(15(19)16-2)3-4-14(13)18(17-10)12-5-7-20-8-6-12/h3-4,9,12,15-16,19H,5-8H2,1-2H3. The molecule has 1 aromatic carbocycles. The number of ether oxygens (including phenoxy) is 1. The van der Waals surface area contributed by atoms with E-state index in [0.717, 1.165) is 48.2 Å². The maximum absolute atomic E-state index is 9.88. The van der Waals surface area contributed by atoms with E-state index in [-0.39, 0.29) is 0 Å². The monoisotopic (exact) mass is 275 g/mol. The number of nitrogens with zero attached hydrogens (tertiary/aromatic N) is 2. The molecule has 1 aliphatic rings. The van der Waals surface area contributed by atoms with Gasteiger partial charge < -0.3 is 9.84 Å². The first-order valence-corrected chi connectivity index (χ1v) is 7.12. The van der Waals surface area contributed by atoms with Gasteiger partial charge in [0.25, 0.3) is 0 Å². The third-order valence-corrected chi connectivity index (χ3v) is 4.04. The molecule has 0 spiro atoms. The Morgan fingerprint density at radius 2 is 2.15 bits per heavy atom. The minimum Gasteiger partial charge on any atom is -0.381 e. The summed E-state index contributed by atoms with van der Waals surface area (Å²) in [5, 5.41) is 18.5. The number of aryl methyl sites for hydroxylation is 1. The molecule has 20 heavy (non-hydrogen) atoms. The molecule has 5 nitrogen and oxygen atoms in total. The van der Waals surface area contributed by atoms with Gasteiger partial charge in [-0.3, -0.25) is 10.00 Å². The van der Waals surface area contributed by atoms with Crippen molar-refractivity contribution in [2.24, 2.45) is 0 Å². The summed E-state index contributed by atoms with van der Waals surface area (Å²) >= 11 is 0. The topological polar surface area (TPSA) is 59.3 Å². The van der Waals surface area contributed by atoms with Crippen molar-refractivity contribution in [3.05, 3.63) is 29.5 Å². The molecule has 1 fully saturated rings. The molecule has 108 valence electrons. The Morgan fingerprint density at radius 1 is 1.40 bits per heavy atom. The molecule has 1 aromatic heterocycles. The van der Waals surface area contributed by atoms with Gasteiger partial charge in [0.2, 0.25) is 0 Å². The van der Waals surface area contributed by atoms with Crippen molar-refractivity contribution in [1.29, 1.82) is 0 Å². The van der Waals surface area contributed by atoms with E-state index in [1.807, 2.05) is 19.1 Å². The van der Waals surface area contributed by atoms with Gasteiger partial charge in [-0.2, -0.15) is 5.10 Å². The van der Waals surface area contributed by atoms with Gasteiger partial charge in [0, 0.05) is 18.6 Å². The number of rotatable bonds is 3. The largest absolute Gasteiger partial charge is 0.381 e. The highest BCUT2D eigenvalue weighted by molar-refractivity contribution is 5.82. The highest BCUT2D eigenvalue weighted by Gasteiger charge is 2.20. The van der Waals surface area contributed by atoms with Crippen LogP contribution in [-0.4, -0.2) is 35.1 Å². The molecule has 1 saturated heterocycles. The Morgan fingerprint density at radius 3 is 2.85 bits per heavy atom. The van der Waals surface area contributed by atoms with Crippen LogP contribution < -0.4 is 5.32 Å². The molecule has 2 aromatic rings. The molecule has 1 unspecified atom stereocenters. The van der Waals surface area contributed by atoms with Crippen LogP contribution >= 0.6 is 0 Å². The molecule has 1 aliphatic heterocycles. The molecule has 0 amide bonds. The average Bonchev–Trinajstić information content (AvgIpc) is 2.84. The summed E-state index contributed by atoms with van der Waals surface area (Å²) in [7, 11) is 1.74. The number of aliphatic hydroxyl groups is 1. The van der Waals surface area contributed by atoms with Crippen LogP contribution in [0.3, 0.4) is 0 Å². The fraction of sp³-hybridized carbons (Fsp3) is 0.533. The van der Waals surface area contributed by atoms with Crippen LogP contribution in [-0.2, 0) is 4.74 Å². The van der Waals surface area contributed by atoms with Crippen LogP contribution in [0.4, 0.5) is 0 Å². The molecule has 3 rings (SSSR count). The normalized spacial score (nSPS) is 18.6. The van der Waals surface area contributed by atoms with Crippen molar-refractivity contribution < 1.29 is 9.84 Å². The predicted octanol–water partition coefficient (Wildman–Crippen LogP) is 1.91. The van der Waals surface area contributed by atoms with Crippen molar-refractivity contribution in [3.8, 4) is 0 Å². The highest BCUT2D eigenvalue weighted by Crippen LogP contribution is 2.28. The highest BCUT2D eigenvalue weighted by atomic mass is 16.5.